The Morgan fingerprint density at radius 2 is 2.00 bits per heavy atom. The second-order valence-corrected chi connectivity index (χ2v) is 4.87. The predicted molar refractivity (Wildman–Crippen MR) is 73.1 cm³/mol. The number of benzene rings is 1. The summed E-state index contributed by atoms with van der Waals surface area (Å²) in [4.78, 5) is 3.78. The molecule has 96 valence electrons. The highest BCUT2D eigenvalue weighted by atomic mass is 79.9. The van der Waals surface area contributed by atoms with Gasteiger partial charge in [-0.3, -0.25) is 4.90 Å². The summed E-state index contributed by atoms with van der Waals surface area (Å²) in [7, 11) is 1.78. The van der Waals surface area contributed by atoms with Crippen LogP contribution in [0.3, 0.4) is 0 Å². The highest BCUT2D eigenvalue weighted by Gasteiger charge is 2.09. The maximum absolute atomic E-state index is 4.21. The summed E-state index contributed by atoms with van der Waals surface area (Å²) in [6.07, 6.45) is 0. The van der Waals surface area contributed by atoms with Crippen molar-refractivity contribution in [3.63, 3.8) is 0 Å². The van der Waals surface area contributed by atoms with Gasteiger partial charge in [-0.15, -0.1) is 10.2 Å². The highest BCUT2D eigenvalue weighted by Crippen LogP contribution is 2.07. The van der Waals surface area contributed by atoms with Gasteiger partial charge in [0.15, 0.2) is 5.82 Å². The minimum atomic E-state index is 0.717. The summed E-state index contributed by atoms with van der Waals surface area (Å²) in [6, 6.07) is 10.4. The lowest BCUT2D eigenvalue weighted by atomic mass is 10.2. The van der Waals surface area contributed by atoms with Gasteiger partial charge in [0.1, 0.15) is 0 Å². The molecule has 0 atom stereocenters. The molecule has 0 saturated heterocycles. The lowest BCUT2D eigenvalue weighted by Crippen LogP contribution is -2.25. The molecular weight excluding hydrogens is 294 g/mol. The van der Waals surface area contributed by atoms with Crippen LogP contribution in [-0.2, 0) is 20.1 Å². The molecule has 0 aliphatic carbocycles. The second kappa shape index (κ2) is 6.61. The Bertz CT molecular complexity index is 470. The lowest BCUT2D eigenvalue weighted by molar-refractivity contribution is 0.267. The van der Waals surface area contributed by atoms with Gasteiger partial charge in [0.25, 0.3) is 0 Å². The summed E-state index contributed by atoms with van der Waals surface area (Å²) in [6.45, 7) is 2.56. The van der Waals surface area contributed by atoms with Gasteiger partial charge in [-0.05, 0) is 10.8 Å². The molecule has 0 spiro atoms. The molecule has 0 fully saturated rings. The Hall–Kier alpha value is -1.27. The average Bonchev–Trinajstić information content (AvgIpc) is 2.76. The molecule has 6 heteroatoms. The summed E-state index contributed by atoms with van der Waals surface area (Å²) in [5.41, 5.74) is 1.29. The number of hydrogen-bond donors (Lipinski definition) is 0. The molecule has 0 bridgehead atoms. The van der Waals surface area contributed by atoms with Crippen LogP contribution in [0.5, 0.6) is 0 Å². The van der Waals surface area contributed by atoms with E-state index in [2.05, 4.69) is 60.5 Å². The Morgan fingerprint density at radius 3 is 2.61 bits per heavy atom. The molecule has 2 rings (SSSR count). The molecule has 0 saturated carbocycles. The normalized spacial score (nSPS) is 11.1. The minimum Gasteiger partial charge on any atom is -0.291 e. The van der Waals surface area contributed by atoms with Crippen LogP contribution in [0.15, 0.2) is 30.3 Å². The van der Waals surface area contributed by atoms with Crippen molar-refractivity contribution >= 4 is 15.9 Å². The quantitative estimate of drug-likeness (QED) is 0.761. The lowest BCUT2D eigenvalue weighted by Gasteiger charge is -2.19. The fourth-order valence-corrected chi connectivity index (χ4v) is 2.26. The Labute approximate surface area is 115 Å². The molecule has 18 heavy (non-hydrogen) atoms. The van der Waals surface area contributed by atoms with E-state index in [1.54, 1.807) is 7.05 Å². The third-order valence-corrected chi connectivity index (χ3v) is 2.92. The first kappa shape index (κ1) is 13.2. The van der Waals surface area contributed by atoms with Crippen molar-refractivity contribution in [3.8, 4) is 0 Å². The molecular formula is C12H16BrN5. The summed E-state index contributed by atoms with van der Waals surface area (Å²) in [5.74, 6) is 0.759. The number of aromatic nitrogens is 4. The van der Waals surface area contributed by atoms with Crippen molar-refractivity contribution in [3.05, 3.63) is 41.7 Å². The SMILES string of the molecule is Cn1nnc(CN(CCBr)Cc2ccccc2)n1. The van der Waals surface area contributed by atoms with E-state index >= 15 is 0 Å². The van der Waals surface area contributed by atoms with Crippen LogP contribution in [0.1, 0.15) is 11.4 Å². The van der Waals surface area contributed by atoms with Gasteiger partial charge in [0, 0.05) is 18.4 Å². The zero-order chi connectivity index (χ0) is 12.8. The van der Waals surface area contributed by atoms with Gasteiger partial charge in [-0.25, -0.2) is 0 Å². The maximum atomic E-state index is 4.21. The standard InChI is InChI=1S/C12H16BrN5/c1-17-15-12(14-16-17)10-18(8-7-13)9-11-5-3-2-4-6-11/h2-6H,7-10H2,1H3. The molecule has 5 nitrogen and oxygen atoms in total. The van der Waals surface area contributed by atoms with Crippen LogP contribution in [-0.4, -0.2) is 37.0 Å². The van der Waals surface area contributed by atoms with E-state index in [4.69, 9.17) is 0 Å². The first-order chi connectivity index (χ1) is 8.78. The second-order valence-electron chi connectivity index (χ2n) is 4.08. The monoisotopic (exact) mass is 309 g/mol. The molecule has 0 unspecified atom stereocenters. The van der Waals surface area contributed by atoms with E-state index in [9.17, 15) is 0 Å². The first-order valence-electron chi connectivity index (χ1n) is 5.83. The van der Waals surface area contributed by atoms with Crippen LogP contribution < -0.4 is 0 Å². The first-order valence-corrected chi connectivity index (χ1v) is 6.95. The van der Waals surface area contributed by atoms with Gasteiger partial charge < -0.3 is 0 Å². The van der Waals surface area contributed by atoms with Crippen molar-refractivity contribution in [2.45, 2.75) is 13.1 Å². The van der Waals surface area contributed by atoms with Gasteiger partial charge in [-0.1, -0.05) is 46.3 Å². The number of rotatable bonds is 6. The van der Waals surface area contributed by atoms with Crippen molar-refractivity contribution in [1.82, 2.24) is 25.1 Å². The molecule has 1 aromatic heterocycles. The Morgan fingerprint density at radius 1 is 1.22 bits per heavy atom. The number of aryl methyl sites for hydroxylation is 1. The fraction of sp³-hybridized carbons (Fsp3) is 0.417. The van der Waals surface area contributed by atoms with Crippen LogP contribution in [0, 0.1) is 0 Å². The summed E-state index contributed by atoms with van der Waals surface area (Å²) < 4.78 is 0. The van der Waals surface area contributed by atoms with Crippen LogP contribution in [0.2, 0.25) is 0 Å². The molecule has 0 aliphatic heterocycles. The van der Waals surface area contributed by atoms with Crippen molar-refractivity contribution < 1.29 is 0 Å². The Kier molecular flexibility index (Phi) is 4.83. The van der Waals surface area contributed by atoms with E-state index in [-0.39, 0.29) is 0 Å². The molecule has 0 aliphatic rings. The Balaban J connectivity index is 1.99. The topological polar surface area (TPSA) is 46.8 Å². The average molecular weight is 310 g/mol. The van der Waals surface area contributed by atoms with E-state index in [0.717, 1.165) is 24.2 Å². The number of halogens is 1. The smallest absolute Gasteiger partial charge is 0.188 e. The van der Waals surface area contributed by atoms with Crippen LogP contribution in [0.25, 0.3) is 0 Å². The molecule has 2 aromatic rings. The number of nitrogens with zero attached hydrogens (tertiary/aromatic N) is 5. The van der Waals surface area contributed by atoms with E-state index in [0.29, 0.717) is 6.54 Å². The molecule has 1 heterocycles. The van der Waals surface area contributed by atoms with E-state index in [1.165, 1.54) is 10.4 Å². The van der Waals surface area contributed by atoms with E-state index in [1.807, 2.05) is 6.07 Å². The highest BCUT2D eigenvalue weighted by molar-refractivity contribution is 9.09. The van der Waals surface area contributed by atoms with Gasteiger partial charge >= 0.3 is 0 Å². The number of hydrogen-bond acceptors (Lipinski definition) is 4. The molecule has 0 radical (unpaired) electrons. The fourth-order valence-electron chi connectivity index (χ4n) is 1.76. The van der Waals surface area contributed by atoms with Gasteiger partial charge in [0.05, 0.1) is 13.6 Å². The zero-order valence-corrected chi connectivity index (χ0v) is 11.9. The predicted octanol–water partition coefficient (Wildman–Crippen LogP) is 1.61. The summed E-state index contributed by atoms with van der Waals surface area (Å²) >= 11 is 3.48. The van der Waals surface area contributed by atoms with Crippen molar-refractivity contribution in [2.24, 2.45) is 7.05 Å². The molecule has 0 amide bonds. The molecule has 0 N–H and O–H groups in total. The number of alkyl halides is 1. The minimum absolute atomic E-state index is 0.717. The maximum Gasteiger partial charge on any atom is 0.188 e. The van der Waals surface area contributed by atoms with Crippen molar-refractivity contribution in [1.29, 1.82) is 0 Å². The van der Waals surface area contributed by atoms with Crippen LogP contribution in [0.4, 0.5) is 0 Å². The van der Waals surface area contributed by atoms with E-state index < -0.39 is 0 Å². The third-order valence-electron chi connectivity index (χ3n) is 2.56. The third kappa shape index (κ3) is 3.89. The van der Waals surface area contributed by atoms with Crippen molar-refractivity contribution in [2.75, 3.05) is 11.9 Å². The van der Waals surface area contributed by atoms with Gasteiger partial charge in [-0.2, -0.15) is 4.80 Å². The van der Waals surface area contributed by atoms with Gasteiger partial charge in [0.2, 0.25) is 0 Å². The number of tetrazole rings is 1. The van der Waals surface area contributed by atoms with Crippen LogP contribution >= 0.6 is 15.9 Å². The zero-order valence-electron chi connectivity index (χ0n) is 10.3. The molecule has 1 aromatic carbocycles. The summed E-state index contributed by atoms with van der Waals surface area (Å²) in [5, 5.41) is 13.0. The largest absolute Gasteiger partial charge is 0.291 e.